The molecule has 10 heavy (non-hydrogen) atoms. The number of hydrogen-bond acceptors (Lipinski definition) is 3. The third-order valence-corrected chi connectivity index (χ3v) is 1.96. The van der Waals surface area contributed by atoms with E-state index in [2.05, 4.69) is 0 Å². The molecule has 1 aliphatic rings. The van der Waals surface area contributed by atoms with Crippen molar-refractivity contribution in [1.82, 2.24) is 4.90 Å². The van der Waals surface area contributed by atoms with Gasteiger partial charge in [0.25, 0.3) is 0 Å². The second-order valence-corrected chi connectivity index (χ2v) is 2.70. The molecule has 0 radical (unpaired) electrons. The Morgan fingerprint density at radius 2 is 2.30 bits per heavy atom. The fourth-order valence-corrected chi connectivity index (χ4v) is 1.27. The Hall–Kier alpha value is -0.190. The second kappa shape index (κ2) is 2.82. The summed E-state index contributed by atoms with van der Waals surface area (Å²) in [5.41, 5.74) is 0. The van der Waals surface area contributed by atoms with Crippen LogP contribution in [0.25, 0.3) is 0 Å². The minimum atomic E-state index is -1.30. The van der Waals surface area contributed by atoms with Gasteiger partial charge >= 0.3 is 0 Å². The predicted molar refractivity (Wildman–Crippen MR) is 34.4 cm³/mol. The standard InChI is InChI=1S/C6H12FNO2/c1-8-2-5(10)6(7)4(8)3-9/h4-6,9-10H,2-3H2,1H3/t4-,5-,6-/m0/s1. The van der Waals surface area contributed by atoms with E-state index < -0.39 is 18.3 Å². The molecule has 1 heterocycles. The van der Waals surface area contributed by atoms with Gasteiger partial charge in [-0.3, -0.25) is 4.90 Å². The van der Waals surface area contributed by atoms with E-state index in [1.54, 1.807) is 11.9 Å². The lowest BCUT2D eigenvalue weighted by Gasteiger charge is -2.16. The molecule has 1 fully saturated rings. The molecular formula is C6H12FNO2. The highest BCUT2D eigenvalue weighted by molar-refractivity contribution is 4.91. The number of alkyl halides is 1. The van der Waals surface area contributed by atoms with Crippen molar-refractivity contribution in [1.29, 1.82) is 0 Å². The van der Waals surface area contributed by atoms with Crippen molar-refractivity contribution in [3.05, 3.63) is 0 Å². The first-order valence-corrected chi connectivity index (χ1v) is 3.30. The summed E-state index contributed by atoms with van der Waals surface area (Å²) in [6.07, 6.45) is -2.22. The lowest BCUT2D eigenvalue weighted by atomic mass is 10.2. The average Bonchev–Trinajstić information content (AvgIpc) is 2.09. The van der Waals surface area contributed by atoms with E-state index in [4.69, 9.17) is 10.2 Å². The monoisotopic (exact) mass is 149 g/mol. The topological polar surface area (TPSA) is 43.7 Å². The number of hydrogen-bond donors (Lipinski definition) is 2. The van der Waals surface area contributed by atoms with Crippen LogP contribution in [0.15, 0.2) is 0 Å². The van der Waals surface area contributed by atoms with Crippen LogP contribution in [-0.2, 0) is 0 Å². The smallest absolute Gasteiger partial charge is 0.145 e. The Morgan fingerprint density at radius 3 is 2.50 bits per heavy atom. The zero-order valence-electron chi connectivity index (χ0n) is 5.87. The van der Waals surface area contributed by atoms with Crippen molar-refractivity contribution in [3.63, 3.8) is 0 Å². The fraction of sp³-hybridized carbons (Fsp3) is 1.00. The Morgan fingerprint density at radius 1 is 1.70 bits per heavy atom. The Bertz CT molecular complexity index is 122. The van der Waals surface area contributed by atoms with Gasteiger partial charge in [0.05, 0.1) is 18.8 Å². The van der Waals surface area contributed by atoms with Gasteiger partial charge in [0.15, 0.2) is 0 Å². The zero-order chi connectivity index (χ0) is 7.72. The minimum Gasteiger partial charge on any atom is -0.395 e. The fourth-order valence-electron chi connectivity index (χ4n) is 1.27. The van der Waals surface area contributed by atoms with Crippen LogP contribution in [0, 0.1) is 0 Å². The molecule has 3 nitrogen and oxygen atoms in total. The molecule has 1 saturated heterocycles. The van der Waals surface area contributed by atoms with E-state index in [0.717, 1.165) is 0 Å². The number of halogens is 1. The maximum Gasteiger partial charge on any atom is 0.145 e. The second-order valence-electron chi connectivity index (χ2n) is 2.70. The number of aliphatic hydroxyl groups excluding tert-OH is 2. The number of rotatable bonds is 1. The molecule has 0 aromatic carbocycles. The molecule has 4 heteroatoms. The minimum absolute atomic E-state index is 0.227. The van der Waals surface area contributed by atoms with Crippen LogP contribution in [0.1, 0.15) is 0 Å². The molecule has 2 N–H and O–H groups in total. The average molecular weight is 149 g/mol. The molecule has 0 bridgehead atoms. The summed E-state index contributed by atoms with van der Waals surface area (Å²) in [5.74, 6) is 0. The summed E-state index contributed by atoms with van der Waals surface area (Å²) in [6.45, 7) is 0.0844. The highest BCUT2D eigenvalue weighted by atomic mass is 19.1. The quantitative estimate of drug-likeness (QED) is 0.502. The van der Waals surface area contributed by atoms with Gasteiger partial charge in [0.2, 0.25) is 0 Å². The molecule has 0 aliphatic carbocycles. The van der Waals surface area contributed by atoms with Gasteiger partial charge in [0, 0.05) is 6.54 Å². The van der Waals surface area contributed by atoms with Gasteiger partial charge in [-0.05, 0) is 7.05 Å². The zero-order valence-corrected chi connectivity index (χ0v) is 5.87. The van der Waals surface area contributed by atoms with E-state index in [0.29, 0.717) is 6.54 Å². The van der Waals surface area contributed by atoms with Crippen LogP contribution in [0.2, 0.25) is 0 Å². The van der Waals surface area contributed by atoms with E-state index in [9.17, 15) is 4.39 Å². The molecule has 0 saturated carbocycles. The van der Waals surface area contributed by atoms with E-state index >= 15 is 0 Å². The highest BCUT2D eigenvalue weighted by Crippen LogP contribution is 2.18. The molecule has 3 atom stereocenters. The van der Waals surface area contributed by atoms with Crippen molar-refractivity contribution in [2.75, 3.05) is 20.2 Å². The number of β-amino-alcohol motifs (C(OH)–C–C–N with tert-alkyl or cyclic N) is 1. The van der Waals surface area contributed by atoms with Gasteiger partial charge in [-0.1, -0.05) is 0 Å². The van der Waals surface area contributed by atoms with Crippen molar-refractivity contribution in [2.24, 2.45) is 0 Å². The summed E-state index contributed by atoms with van der Waals surface area (Å²) < 4.78 is 12.8. The molecule has 0 spiro atoms. The maximum atomic E-state index is 12.8. The lowest BCUT2D eigenvalue weighted by Crippen LogP contribution is -2.34. The molecule has 1 rings (SSSR count). The van der Waals surface area contributed by atoms with Gasteiger partial charge in [0.1, 0.15) is 6.17 Å². The SMILES string of the molecule is CN1C[C@H](O)[C@@H](F)[C@@H]1CO. The van der Waals surface area contributed by atoms with Crippen LogP contribution >= 0.6 is 0 Å². The molecular weight excluding hydrogens is 137 g/mol. The first-order valence-electron chi connectivity index (χ1n) is 3.30. The summed E-state index contributed by atoms with van der Waals surface area (Å²) in [7, 11) is 1.68. The first kappa shape index (κ1) is 7.91. The number of aliphatic hydroxyl groups is 2. The Balaban J connectivity index is 2.55. The Kier molecular flexibility index (Phi) is 2.23. The van der Waals surface area contributed by atoms with Crippen molar-refractivity contribution in [3.8, 4) is 0 Å². The van der Waals surface area contributed by atoms with Crippen LogP contribution in [0.5, 0.6) is 0 Å². The van der Waals surface area contributed by atoms with Crippen LogP contribution in [-0.4, -0.2) is 53.6 Å². The van der Waals surface area contributed by atoms with Gasteiger partial charge in [-0.25, -0.2) is 4.39 Å². The van der Waals surface area contributed by atoms with Crippen LogP contribution in [0.3, 0.4) is 0 Å². The maximum absolute atomic E-state index is 12.8. The molecule has 0 amide bonds. The molecule has 0 unspecified atom stereocenters. The lowest BCUT2D eigenvalue weighted by molar-refractivity contribution is 0.0860. The Labute approximate surface area is 59.1 Å². The largest absolute Gasteiger partial charge is 0.395 e. The number of nitrogens with zero attached hydrogens (tertiary/aromatic N) is 1. The highest BCUT2D eigenvalue weighted by Gasteiger charge is 2.38. The number of likely N-dealkylation sites (N-methyl/N-ethyl adjacent to an activating group) is 1. The van der Waals surface area contributed by atoms with Gasteiger partial charge < -0.3 is 10.2 Å². The normalized spacial score (nSPS) is 42.6. The van der Waals surface area contributed by atoms with Crippen LogP contribution < -0.4 is 0 Å². The molecule has 0 aromatic heterocycles. The summed E-state index contributed by atoms with van der Waals surface area (Å²) >= 11 is 0. The predicted octanol–water partition coefficient (Wildman–Crippen LogP) is -1.01. The van der Waals surface area contributed by atoms with E-state index in [-0.39, 0.29) is 6.61 Å². The molecule has 60 valence electrons. The van der Waals surface area contributed by atoms with E-state index in [1.165, 1.54) is 0 Å². The first-order chi connectivity index (χ1) is 4.66. The summed E-state index contributed by atoms with van der Waals surface area (Å²) in [6, 6.07) is -0.519. The molecule has 1 aliphatic heterocycles. The van der Waals surface area contributed by atoms with Gasteiger partial charge in [-0.2, -0.15) is 0 Å². The summed E-state index contributed by atoms with van der Waals surface area (Å²) in [5, 5.41) is 17.6. The summed E-state index contributed by atoms with van der Waals surface area (Å²) in [4.78, 5) is 1.62. The number of likely N-dealkylation sites (tertiary alicyclic amines) is 1. The third-order valence-electron chi connectivity index (χ3n) is 1.96. The van der Waals surface area contributed by atoms with Crippen molar-refractivity contribution >= 4 is 0 Å². The van der Waals surface area contributed by atoms with Crippen molar-refractivity contribution in [2.45, 2.75) is 18.3 Å². The van der Waals surface area contributed by atoms with Crippen molar-refractivity contribution < 1.29 is 14.6 Å². The molecule has 0 aromatic rings. The van der Waals surface area contributed by atoms with Gasteiger partial charge in [-0.15, -0.1) is 0 Å². The third kappa shape index (κ3) is 1.14. The van der Waals surface area contributed by atoms with E-state index in [1.807, 2.05) is 0 Å². The van der Waals surface area contributed by atoms with Crippen LogP contribution in [0.4, 0.5) is 4.39 Å².